The van der Waals surface area contributed by atoms with E-state index in [1.165, 1.54) is 19.2 Å². The highest BCUT2D eigenvalue weighted by atomic mass is 32.2. The van der Waals surface area contributed by atoms with Crippen molar-refractivity contribution in [3.63, 3.8) is 0 Å². The van der Waals surface area contributed by atoms with E-state index in [4.69, 9.17) is 10.00 Å². The fourth-order valence-corrected chi connectivity index (χ4v) is 4.72. The van der Waals surface area contributed by atoms with Crippen LogP contribution in [0.5, 0.6) is 5.75 Å². The number of ether oxygens (including phenoxy) is 1. The second-order valence-electron chi connectivity index (χ2n) is 7.34. The summed E-state index contributed by atoms with van der Waals surface area (Å²) in [4.78, 5) is 16.9. The predicted molar refractivity (Wildman–Crippen MR) is 117 cm³/mol. The Kier molecular flexibility index (Phi) is 7.15. The Labute approximate surface area is 183 Å². The molecule has 0 unspecified atom stereocenters. The van der Waals surface area contributed by atoms with Crippen molar-refractivity contribution < 1.29 is 17.9 Å². The number of amides is 1. The van der Waals surface area contributed by atoms with Crippen LogP contribution in [-0.2, 0) is 14.8 Å². The maximum atomic E-state index is 12.9. The van der Waals surface area contributed by atoms with Crippen LogP contribution in [0, 0.1) is 11.3 Å². The topological polar surface area (TPSA) is 103 Å². The number of hydrogen-bond acceptors (Lipinski definition) is 6. The number of methoxy groups -OCH3 is 1. The third-order valence-electron chi connectivity index (χ3n) is 5.24. The summed E-state index contributed by atoms with van der Waals surface area (Å²) in [6.45, 7) is 4.03. The minimum atomic E-state index is -3.83. The number of carbonyl (C=O) groups is 1. The van der Waals surface area contributed by atoms with Crippen molar-refractivity contribution in [1.82, 2.24) is 9.62 Å². The summed E-state index contributed by atoms with van der Waals surface area (Å²) in [5.41, 5.74) is 1.61. The highest BCUT2D eigenvalue weighted by Gasteiger charge is 2.27. The van der Waals surface area contributed by atoms with Gasteiger partial charge in [0.25, 0.3) is 0 Å². The molecule has 2 aromatic rings. The van der Waals surface area contributed by atoms with Crippen molar-refractivity contribution in [2.24, 2.45) is 0 Å². The van der Waals surface area contributed by atoms with Crippen molar-refractivity contribution in [2.75, 3.05) is 38.2 Å². The van der Waals surface area contributed by atoms with Gasteiger partial charge in [-0.3, -0.25) is 4.79 Å². The fraction of sp³-hybridized carbons (Fsp3) is 0.364. The summed E-state index contributed by atoms with van der Waals surface area (Å²) in [6, 6.07) is 14.6. The zero-order valence-corrected chi connectivity index (χ0v) is 18.4. The summed E-state index contributed by atoms with van der Waals surface area (Å²) in [5, 5.41) is 8.95. The molecule has 1 atom stereocenters. The Bertz CT molecular complexity index is 1050. The molecule has 1 aliphatic heterocycles. The van der Waals surface area contributed by atoms with Crippen LogP contribution in [0.3, 0.4) is 0 Å². The first kappa shape index (κ1) is 22.6. The third-order valence-corrected chi connectivity index (χ3v) is 6.80. The van der Waals surface area contributed by atoms with Crippen molar-refractivity contribution in [3.8, 4) is 11.8 Å². The molecule has 0 saturated carbocycles. The normalized spacial score (nSPS) is 15.6. The van der Waals surface area contributed by atoms with E-state index >= 15 is 0 Å². The molecule has 0 radical (unpaired) electrons. The van der Waals surface area contributed by atoms with Crippen molar-refractivity contribution in [2.45, 2.75) is 24.3 Å². The summed E-state index contributed by atoms with van der Waals surface area (Å²) in [5.74, 6) is 0.304. The molecule has 0 aliphatic carbocycles. The minimum Gasteiger partial charge on any atom is -0.497 e. The number of sulfonamides is 1. The van der Waals surface area contributed by atoms with Gasteiger partial charge in [0.15, 0.2) is 0 Å². The zero-order chi connectivity index (χ0) is 22.4. The van der Waals surface area contributed by atoms with E-state index in [-0.39, 0.29) is 10.8 Å². The second-order valence-corrected chi connectivity index (χ2v) is 9.06. The van der Waals surface area contributed by atoms with Crippen LogP contribution in [0.4, 0.5) is 5.69 Å². The number of anilines is 1. The molecule has 0 bridgehead atoms. The van der Waals surface area contributed by atoms with E-state index in [0.717, 1.165) is 18.7 Å². The van der Waals surface area contributed by atoms with Crippen LogP contribution in [0.2, 0.25) is 0 Å². The van der Waals surface area contributed by atoms with E-state index in [0.29, 0.717) is 30.9 Å². The van der Waals surface area contributed by atoms with E-state index in [1.807, 2.05) is 12.1 Å². The highest BCUT2D eigenvalue weighted by Crippen LogP contribution is 2.19. The molecule has 0 aromatic heterocycles. The van der Waals surface area contributed by atoms with Gasteiger partial charge in [-0.05, 0) is 61.9 Å². The second kappa shape index (κ2) is 9.81. The molecular weight excluding hydrogens is 416 g/mol. The van der Waals surface area contributed by atoms with Crippen molar-refractivity contribution >= 4 is 21.6 Å². The first-order valence-electron chi connectivity index (χ1n) is 10.0. The van der Waals surface area contributed by atoms with Crippen LogP contribution in [0.1, 0.15) is 18.9 Å². The largest absolute Gasteiger partial charge is 0.497 e. The number of benzene rings is 2. The first-order valence-corrected chi connectivity index (χ1v) is 11.5. The average molecular weight is 443 g/mol. The average Bonchev–Trinajstić information content (AvgIpc) is 3.04. The lowest BCUT2D eigenvalue weighted by atomic mass is 10.2. The molecule has 1 aliphatic rings. The van der Waals surface area contributed by atoms with Gasteiger partial charge in [0.2, 0.25) is 15.9 Å². The third kappa shape index (κ3) is 5.54. The summed E-state index contributed by atoms with van der Waals surface area (Å²) >= 11 is 0. The monoisotopic (exact) mass is 442 g/mol. The first-order chi connectivity index (χ1) is 14.8. The smallest absolute Gasteiger partial charge is 0.241 e. The number of nitrogens with zero attached hydrogens (tertiary/aromatic N) is 3. The van der Waals surface area contributed by atoms with Gasteiger partial charge in [0.05, 0.1) is 29.7 Å². The molecule has 3 rings (SSSR count). The van der Waals surface area contributed by atoms with E-state index in [9.17, 15) is 13.2 Å². The van der Waals surface area contributed by atoms with Crippen molar-refractivity contribution in [3.05, 3.63) is 54.1 Å². The van der Waals surface area contributed by atoms with Gasteiger partial charge in [0.1, 0.15) is 5.75 Å². The quantitative estimate of drug-likeness (QED) is 0.734. The highest BCUT2D eigenvalue weighted by molar-refractivity contribution is 7.89. The van der Waals surface area contributed by atoms with Gasteiger partial charge in [-0.25, -0.2) is 8.42 Å². The van der Waals surface area contributed by atoms with E-state index in [1.54, 1.807) is 36.1 Å². The number of carbonyl (C=O) groups excluding carboxylic acids is 1. The summed E-state index contributed by atoms with van der Waals surface area (Å²) < 4.78 is 32.8. The van der Waals surface area contributed by atoms with Crippen LogP contribution in [0.25, 0.3) is 0 Å². The zero-order valence-electron chi connectivity index (χ0n) is 17.6. The Morgan fingerprint density at radius 1 is 1.06 bits per heavy atom. The number of nitrogens with one attached hydrogen (secondary N) is 1. The van der Waals surface area contributed by atoms with Crippen LogP contribution >= 0.6 is 0 Å². The molecule has 0 spiro atoms. The maximum absolute atomic E-state index is 12.9. The molecule has 1 amide bonds. The van der Waals surface area contributed by atoms with Gasteiger partial charge in [-0.15, -0.1) is 0 Å². The van der Waals surface area contributed by atoms with Gasteiger partial charge < -0.3 is 14.5 Å². The summed E-state index contributed by atoms with van der Waals surface area (Å²) in [6.07, 6.45) is 0.768. The van der Waals surface area contributed by atoms with Crippen LogP contribution in [-0.4, -0.2) is 58.6 Å². The molecular formula is C22H26N4O4S. The predicted octanol–water partition coefficient (Wildman–Crippen LogP) is 1.97. The van der Waals surface area contributed by atoms with E-state index in [2.05, 4.69) is 15.7 Å². The fourth-order valence-electron chi connectivity index (χ4n) is 3.52. The molecule has 1 heterocycles. The molecule has 1 N–H and O–H groups in total. The lowest BCUT2D eigenvalue weighted by molar-refractivity contribution is -0.132. The lowest BCUT2D eigenvalue weighted by Gasteiger charge is -2.26. The van der Waals surface area contributed by atoms with Crippen LogP contribution in [0.15, 0.2) is 53.4 Å². The SMILES string of the molecule is COc1ccc(S(=O)(=O)N[C@@H](C)C(=O)N2CCCN(c3ccc(C#N)cc3)CC2)cc1. The standard InChI is InChI=1S/C22H26N4O4S/c1-17(24-31(28,29)21-10-8-20(30-2)9-11-21)22(27)26-13-3-12-25(14-15-26)19-6-4-18(16-23)5-7-19/h4-11,17,24H,3,12-15H2,1-2H3/t17-/m0/s1. The van der Waals surface area contributed by atoms with Gasteiger partial charge in [0, 0.05) is 31.9 Å². The van der Waals surface area contributed by atoms with Gasteiger partial charge >= 0.3 is 0 Å². The maximum Gasteiger partial charge on any atom is 0.241 e. The Hall–Kier alpha value is -3.09. The molecule has 8 nitrogen and oxygen atoms in total. The Morgan fingerprint density at radius 2 is 1.74 bits per heavy atom. The Balaban J connectivity index is 1.61. The molecule has 31 heavy (non-hydrogen) atoms. The number of rotatable bonds is 6. The van der Waals surface area contributed by atoms with Gasteiger partial charge in [-0.2, -0.15) is 9.98 Å². The number of nitriles is 1. The molecule has 2 aromatic carbocycles. The van der Waals surface area contributed by atoms with Gasteiger partial charge in [-0.1, -0.05) is 0 Å². The molecule has 164 valence electrons. The minimum absolute atomic E-state index is 0.0795. The molecule has 1 fully saturated rings. The van der Waals surface area contributed by atoms with Crippen LogP contribution < -0.4 is 14.4 Å². The lowest BCUT2D eigenvalue weighted by Crippen LogP contribution is -2.47. The molecule has 9 heteroatoms. The Morgan fingerprint density at radius 3 is 2.35 bits per heavy atom. The molecule has 1 saturated heterocycles. The summed E-state index contributed by atoms with van der Waals surface area (Å²) in [7, 11) is -2.32. The number of hydrogen-bond donors (Lipinski definition) is 1. The van der Waals surface area contributed by atoms with E-state index < -0.39 is 16.1 Å². The van der Waals surface area contributed by atoms with Crippen molar-refractivity contribution in [1.29, 1.82) is 5.26 Å².